The Bertz CT molecular complexity index is 476. The lowest BCUT2D eigenvalue weighted by Crippen LogP contribution is -2.31. The van der Waals surface area contributed by atoms with Gasteiger partial charge in [0.1, 0.15) is 0 Å². The van der Waals surface area contributed by atoms with Crippen molar-refractivity contribution < 1.29 is 0 Å². The van der Waals surface area contributed by atoms with Crippen molar-refractivity contribution >= 4 is 11.3 Å². The molecule has 0 amide bonds. The van der Waals surface area contributed by atoms with Gasteiger partial charge in [-0.05, 0) is 30.5 Å². The molecule has 0 aliphatic heterocycles. The van der Waals surface area contributed by atoms with Crippen LogP contribution in [0, 0.1) is 6.92 Å². The second-order valence-electron chi connectivity index (χ2n) is 4.92. The van der Waals surface area contributed by atoms with Crippen LogP contribution in [0.2, 0.25) is 0 Å². The highest BCUT2D eigenvalue weighted by atomic mass is 32.1. The maximum atomic E-state index is 6.31. The van der Waals surface area contributed by atoms with Crippen molar-refractivity contribution in [2.45, 2.75) is 26.4 Å². The third-order valence-electron chi connectivity index (χ3n) is 3.37. The molecule has 2 N–H and O–H groups in total. The van der Waals surface area contributed by atoms with Crippen molar-refractivity contribution in [2.75, 3.05) is 13.1 Å². The summed E-state index contributed by atoms with van der Waals surface area (Å²) < 4.78 is 0. The van der Waals surface area contributed by atoms with E-state index in [1.54, 1.807) is 0 Å². The molecule has 3 heteroatoms. The van der Waals surface area contributed by atoms with Crippen LogP contribution in [-0.4, -0.2) is 18.0 Å². The molecule has 0 aliphatic carbocycles. The highest BCUT2D eigenvalue weighted by Gasteiger charge is 2.11. The van der Waals surface area contributed by atoms with Crippen molar-refractivity contribution in [3.8, 4) is 0 Å². The molecule has 0 spiro atoms. The molecule has 102 valence electrons. The Morgan fingerprint density at radius 1 is 1.21 bits per heavy atom. The van der Waals surface area contributed by atoms with Crippen LogP contribution < -0.4 is 5.73 Å². The number of nitrogens with two attached hydrogens (primary N) is 1. The maximum absolute atomic E-state index is 6.31. The second-order valence-corrected chi connectivity index (χ2v) is 5.96. The van der Waals surface area contributed by atoms with Gasteiger partial charge in [0, 0.05) is 24.0 Å². The Morgan fingerprint density at radius 3 is 2.53 bits per heavy atom. The van der Waals surface area contributed by atoms with Crippen LogP contribution in [-0.2, 0) is 6.54 Å². The van der Waals surface area contributed by atoms with Crippen molar-refractivity contribution in [1.82, 2.24) is 4.90 Å². The van der Waals surface area contributed by atoms with Gasteiger partial charge < -0.3 is 5.73 Å². The minimum absolute atomic E-state index is 0.0838. The van der Waals surface area contributed by atoms with Gasteiger partial charge in [-0.2, -0.15) is 0 Å². The zero-order valence-electron chi connectivity index (χ0n) is 11.7. The molecule has 0 aliphatic rings. The smallest absolute Gasteiger partial charge is 0.0424 e. The van der Waals surface area contributed by atoms with Crippen LogP contribution in [0.3, 0.4) is 0 Å². The number of nitrogens with zero attached hydrogens (tertiary/aromatic N) is 1. The highest BCUT2D eigenvalue weighted by Crippen LogP contribution is 2.16. The van der Waals surface area contributed by atoms with E-state index in [9.17, 15) is 0 Å². The Hall–Kier alpha value is -1.16. The predicted octanol–water partition coefficient (Wildman–Crippen LogP) is 3.58. The molecule has 1 aromatic carbocycles. The molecule has 2 aromatic rings. The van der Waals surface area contributed by atoms with Gasteiger partial charge >= 0.3 is 0 Å². The first-order valence-corrected chi connectivity index (χ1v) is 7.64. The fourth-order valence-electron chi connectivity index (χ4n) is 2.13. The standard InChI is InChI=1S/C16H22N2S/c1-3-18(11-15-5-4-10-19-15)12-16(17)14-8-6-13(2)7-9-14/h4-10,16H,3,11-12,17H2,1-2H3. The van der Waals surface area contributed by atoms with Crippen molar-refractivity contribution in [3.05, 3.63) is 57.8 Å². The lowest BCUT2D eigenvalue weighted by atomic mass is 10.1. The zero-order chi connectivity index (χ0) is 13.7. The summed E-state index contributed by atoms with van der Waals surface area (Å²) in [5.41, 5.74) is 8.81. The molecule has 19 heavy (non-hydrogen) atoms. The Balaban J connectivity index is 1.95. The molecule has 1 heterocycles. The average molecular weight is 274 g/mol. The van der Waals surface area contributed by atoms with E-state index in [4.69, 9.17) is 5.73 Å². The highest BCUT2D eigenvalue weighted by molar-refractivity contribution is 7.09. The molecule has 1 unspecified atom stereocenters. The summed E-state index contributed by atoms with van der Waals surface area (Å²) in [6, 6.07) is 12.9. The number of aryl methyl sites for hydroxylation is 1. The SMILES string of the molecule is CCN(Cc1cccs1)CC(N)c1ccc(C)cc1. The van der Waals surface area contributed by atoms with Gasteiger partial charge in [-0.25, -0.2) is 0 Å². The van der Waals surface area contributed by atoms with Gasteiger partial charge in [-0.1, -0.05) is 42.8 Å². The van der Waals surface area contributed by atoms with Gasteiger partial charge in [0.25, 0.3) is 0 Å². The fourth-order valence-corrected chi connectivity index (χ4v) is 2.87. The summed E-state index contributed by atoms with van der Waals surface area (Å²) in [5.74, 6) is 0. The second kappa shape index (κ2) is 6.85. The number of hydrogen-bond donors (Lipinski definition) is 1. The van der Waals surface area contributed by atoms with Gasteiger partial charge in [0.2, 0.25) is 0 Å². The third-order valence-corrected chi connectivity index (χ3v) is 4.23. The van der Waals surface area contributed by atoms with Crippen molar-refractivity contribution in [1.29, 1.82) is 0 Å². The third kappa shape index (κ3) is 4.16. The van der Waals surface area contributed by atoms with E-state index in [2.05, 4.69) is 60.5 Å². The van der Waals surface area contributed by atoms with Gasteiger partial charge in [-0.3, -0.25) is 4.90 Å². The normalized spacial score (nSPS) is 12.8. The van der Waals surface area contributed by atoms with Gasteiger partial charge in [0.15, 0.2) is 0 Å². The number of rotatable bonds is 6. The van der Waals surface area contributed by atoms with E-state index in [1.807, 2.05) is 11.3 Å². The molecule has 0 saturated carbocycles. The number of likely N-dealkylation sites (N-methyl/N-ethyl adjacent to an activating group) is 1. The number of hydrogen-bond acceptors (Lipinski definition) is 3. The lowest BCUT2D eigenvalue weighted by Gasteiger charge is -2.24. The molecule has 1 aromatic heterocycles. The van der Waals surface area contributed by atoms with Crippen molar-refractivity contribution in [3.63, 3.8) is 0 Å². The van der Waals surface area contributed by atoms with E-state index >= 15 is 0 Å². The summed E-state index contributed by atoms with van der Waals surface area (Å²) in [6.45, 7) is 7.21. The van der Waals surface area contributed by atoms with Crippen LogP contribution in [0.4, 0.5) is 0 Å². The molecule has 2 nitrogen and oxygen atoms in total. The largest absolute Gasteiger partial charge is 0.323 e. The lowest BCUT2D eigenvalue weighted by molar-refractivity contribution is 0.264. The first kappa shape index (κ1) is 14.3. The van der Waals surface area contributed by atoms with Crippen LogP contribution >= 0.6 is 11.3 Å². The molecule has 0 fully saturated rings. The van der Waals surface area contributed by atoms with Gasteiger partial charge in [0.05, 0.1) is 0 Å². The summed E-state index contributed by atoms with van der Waals surface area (Å²) in [6.07, 6.45) is 0. The monoisotopic (exact) mass is 274 g/mol. The van der Waals surface area contributed by atoms with E-state index in [0.29, 0.717) is 0 Å². The molecule has 0 radical (unpaired) electrons. The van der Waals surface area contributed by atoms with E-state index in [1.165, 1.54) is 16.0 Å². The molecule has 0 bridgehead atoms. The van der Waals surface area contributed by atoms with E-state index in [0.717, 1.165) is 19.6 Å². The minimum Gasteiger partial charge on any atom is -0.323 e. The number of benzene rings is 1. The maximum Gasteiger partial charge on any atom is 0.0424 e. The average Bonchev–Trinajstić information content (AvgIpc) is 2.91. The summed E-state index contributed by atoms with van der Waals surface area (Å²) in [5, 5.41) is 2.13. The molecule has 0 saturated heterocycles. The first-order valence-electron chi connectivity index (χ1n) is 6.76. The van der Waals surface area contributed by atoms with Crippen LogP contribution in [0.25, 0.3) is 0 Å². The molecule has 2 rings (SSSR count). The quantitative estimate of drug-likeness (QED) is 0.872. The van der Waals surface area contributed by atoms with Crippen LogP contribution in [0.1, 0.15) is 29.0 Å². The fraction of sp³-hybridized carbons (Fsp3) is 0.375. The van der Waals surface area contributed by atoms with Crippen LogP contribution in [0.15, 0.2) is 41.8 Å². The summed E-state index contributed by atoms with van der Waals surface area (Å²) in [4.78, 5) is 3.80. The van der Waals surface area contributed by atoms with Crippen molar-refractivity contribution in [2.24, 2.45) is 5.73 Å². The summed E-state index contributed by atoms with van der Waals surface area (Å²) >= 11 is 1.81. The zero-order valence-corrected chi connectivity index (χ0v) is 12.5. The van der Waals surface area contributed by atoms with E-state index < -0.39 is 0 Å². The van der Waals surface area contributed by atoms with E-state index in [-0.39, 0.29) is 6.04 Å². The minimum atomic E-state index is 0.0838. The predicted molar refractivity (Wildman–Crippen MR) is 83.4 cm³/mol. The van der Waals surface area contributed by atoms with Crippen LogP contribution in [0.5, 0.6) is 0 Å². The summed E-state index contributed by atoms with van der Waals surface area (Å²) in [7, 11) is 0. The Kier molecular flexibility index (Phi) is 5.14. The Morgan fingerprint density at radius 2 is 1.95 bits per heavy atom. The molecular formula is C16H22N2S. The number of thiophene rings is 1. The van der Waals surface area contributed by atoms with Gasteiger partial charge in [-0.15, -0.1) is 11.3 Å². The topological polar surface area (TPSA) is 29.3 Å². The first-order chi connectivity index (χ1) is 9.19. The Labute approximate surface area is 119 Å². The molecule has 1 atom stereocenters. The molecular weight excluding hydrogens is 252 g/mol.